The molecule has 0 saturated carbocycles. The van der Waals surface area contributed by atoms with E-state index in [9.17, 15) is 18.0 Å². The van der Waals surface area contributed by atoms with Gasteiger partial charge in [-0.05, 0) is 17.7 Å². The van der Waals surface area contributed by atoms with Crippen LogP contribution in [0.15, 0.2) is 28.7 Å². The van der Waals surface area contributed by atoms with E-state index in [0.29, 0.717) is 31.9 Å². The summed E-state index contributed by atoms with van der Waals surface area (Å²) >= 11 is 9.67. The van der Waals surface area contributed by atoms with E-state index in [1.54, 1.807) is 24.3 Å². The van der Waals surface area contributed by atoms with Gasteiger partial charge in [-0.2, -0.15) is 18.3 Å². The van der Waals surface area contributed by atoms with Gasteiger partial charge in [0.1, 0.15) is 10.8 Å². The number of alkyl halides is 3. The van der Waals surface area contributed by atoms with Gasteiger partial charge in [-0.1, -0.05) is 39.7 Å². The Bertz CT molecular complexity index is 913. The number of fused-ring (bicyclic) bond motifs is 1. The lowest BCUT2D eigenvalue weighted by Gasteiger charge is -2.33. The first-order valence-electron chi connectivity index (χ1n) is 8.99. The SMILES string of the molecule is O=C(c1nn2c(c1Cl)N[C@@H](c1ccc(Br)cc1)C[C@H]2C(F)(F)F)N1CCOCC1. The second-order valence-corrected chi connectivity index (χ2v) is 8.20. The van der Waals surface area contributed by atoms with Crippen LogP contribution in [0, 0.1) is 0 Å². The Morgan fingerprint density at radius 1 is 1.24 bits per heavy atom. The van der Waals surface area contributed by atoms with E-state index in [2.05, 4.69) is 26.3 Å². The fourth-order valence-corrected chi connectivity index (χ4v) is 4.08. The average Bonchev–Trinajstić information content (AvgIpc) is 3.04. The summed E-state index contributed by atoms with van der Waals surface area (Å²) in [6.07, 6.45) is -4.81. The van der Waals surface area contributed by atoms with Crippen LogP contribution in [0.25, 0.3) is 0 Å². The predicted molar refractivity (Wildman–Crippen MR) is 104 cm³/mol. The number of benzene rings is 1. The molecule has 2 aromatic rings. The van der Waals surface area contributed by atoms with Crippen molar-refractivity contribution >= 4 is 39.3 Å². The molecule has 3 heterocycles. The molecule has 2 aliphatic heterocycles. The number of carbonyl (C=O) groups excluding carboxylic acids is 1. The van der Waals surface area contributed by atoms with Crippen LogP contribution in [-0.4, -0.2) is 53.1 Å². The predicted octanol–water partition coefficient (Wildman–Crippen LogP) is 4.43. The van der Waals surface area contributed by atoms with Crippen LogP contribution in [0.5, 0.6) is 0 Å². The summed E-state index contributed by atoms with van der Waals surface area (Å²) in [6, 6.07) is 4.50. The molecule has 1 fully saturated rings. The molecule has 1 amide bonds. The van der Waals surface area contributed by atoms with Gasteiger partial charge in [0.2, 0.25) is 0 Å². The molecule has 0 aliphatic carbocycles. The zero-order chi connectivity index (χ0) is 20.8. The number of nitrogens with one attached hydrogen (secondary N) is 1. The third-order valence-corrected chi connectivity index (χ3v) is 5.96. The van der Waals surface area contributed by atoms with Gasteiger partial charge in [-0.25, -0.2) is 4.68 Å². The molecule has 0 spiro atoms. The van der Waals surface area contributed by atoms with Crippen molar-refractivity contribution in [2.75, 3.05) is 31.6 Å². The number of anilines is 1. The van der Waals surface area contributed by atoms with Crippen LogP contribution in [0.3, 0.4) is 0 Å². The van der Waals surface area contributed by atoms with Gasteiger partial charge in [0.05, 0.1) is 19.3 Å². The molecule has 156 valence electrons. The Morgan fingerprint density at radius 3 is 2.52 bits per heavy atom. The number of carbonyl (C=O) groups is 1. The van der Waals surface area contributed by atoms with Crippen LogP contribution in [-0.2, 0) is 4.74 Å². The Balaban J connectivity index is 1.71. The molecule has 2 atom stereocenters. The van der Waals surface area contributed by atoms with Crippen LogP contribution in [0.1, 0.15) is 34.6 Å². The number of hydrogen-bond donors (Lipinski definition) is 1. The maximum Gasteiger partial charge on any atom is 0.410 e. The summed E-state index contributed by atoms with van der Waals surface area (Å²) < 4.78 is 48.3. The lowest BCUT2D eigenvalue weighted by atomic mass is 9.97. The quantitative estimate of drug-likeness (QED) is 0.672. The highest BCUT2D eigenvalue weighted by atomic mass is 79.9. The van der Waals surface area contributed by atoms with E-state index in [4.69, 9.17) is 16.3 Å². The Hall–Kier alpha value is -1.78. The lowest BCUT2D eigenvalue weighted by molar-refractivity contribution is -0.173. The third kappa shape index (κ3) is 3.97. The van der Waals surface area contributed by atoms with Gasteiger partial charge in [-0.3, -0.25) is 4.79 Å². The molecule has 1 aromatic carbocycles. The minimum absolute atomic E-state index is 0.00442. The van der Waals surface area contributed by atoms with Gasteiger partial charge in [0.25, 0.3) is 5.91 Å². The molecule has 0 unspecified atom stereocenters. The number of ether oxygens (including phenoxy) is 1. The number of amides is 1. The third-order valence-electron chi connectivity index (χ3n) is 5.07. The average molecular weight is 494 g/mol. The maximum absolute atomic E-state index is 13.8. The normalized spacial score (nSPS) is 22.2. The van der Waals surface area contributed by atoms with Crippen molar-refractivity contribution in [1.29, 1.82) is 0 Å². The molecule has 0 radical (unpaired) electrons. The molecule has 6 nitrogen and oxygen atoms in total. The molecule has 2 aliphatic rings. The molecular weight excluding hydrogens is 477 g/mol. The maximum atomic E-state index is 13.8. The molecule has 1 N–H and O–H groups in total. The van der Waals surface area contributed by atoms with Crippen LogP contribution in [0.4, 0.5) is 19.0 Å². The molecule has 4 rings (SSSR count). The highest BCUT2D eigenvalue weighted by Gasteiger charge is 2.48. The first-order chi connectivity index (χ1) is 13.8. The van der Waals surface area contributed by atoms with Crippen LogP contribution in [0.2, 0.25) is 5.02 Å². The zero-order valence-corrected chi connectivity index (χ0v) is 17.4. The monoisotopic (exact) mass is 492 g/mol. The van der Waals surface area contributed by atoms with Crippen molar-refractivity contribution in [1.82, 2.24) is 14.7 Å². The zero-order valence-electron chi connectivity index (χ0n) is 15.0. The Kier molecular flexibility index (Phi) is 5.52. The van der Waals surface area contributed by atoms with Gasteiger partial charge < -0.3 is 15.0 Å². The fraction of sp³-hybridized carbons (Fsp3) is 0.444. The number of morpholine rings is 1. The van der Waals surface area contributed by atoms with Crippen LogP contribution >= 0.6 is 27.5 Å². The van der Waals surface area contributed by atoms with Gasteiger partial charge in [-0.15, -0.1) is 0 Å². The second kappa shape index (κ2) is 7.81. The number of rotatable bonds is 2. The van der Waals surface area contributed by atoms with Gasteiger partial charge >= 0.3 is 6.18 Å². The van der Waals surface area contributed by atoms with E-state index in [-0.39, 0.29) is 23.0 Å². The first-order valence-corrected chi connectivity index (χ1v) is 10.2. The number of hydrogen-bond acceptors (Lipinski definition) is 4. The molecular formula is C18H17BrClF3N4O2. The standard InChI is InChI=1S/C18H17BrClF3N4O2/c19-11-3-1-10(2-4-11)12-9-13(18(21,22)23)27-16(24-12)14(20)15(25-27)17(28)26-5-7-29-8-6-26/h1-4,12-13,24H,5-9H2/t12-,13+/m1/s1. The molecule has 1 saturated heterocycles. The van der Waals surface area contributed by atoms with Crippen molar-refractivity contribution < 1.29 is 22.7 Å². The minimum atomic E-state index is -4.54. The lowest BCUT2D eigenvalue weighted by Crippen LogP contribution is -2.41. The summed E-state index contributed by atoms with van der Waals surface area (Å²) in [5.74, 6) is -0.493. The summed E-state index contributed by atoms with van der Waals surface area (Å²) in [5.41, 5.74) is 0.508. The van der Waals surface area contributed by atoms with Gasteiger partial charge in [0, 0.05) is 24.0 Å². The summed E-state index contributed by atoms with van der Waals surface area (Å²) in [6.45, 7) is 1.42. The van der Waals surface area contributed by atoms with Crippen molar-refractivity contribution in [3.05, 3.63) is 45.0 Å². The molecule has 29 heavy (non-hydrogen) atoms. The Morgan fingerprint density at radius 2 is 1.90 bits per heavy atom. The summed E-state index contributed by atoms with van der Waals surface area (Å²) in [7, 11) is 0. The summed E-state index contributed by atoms with van der Waals surface area (Å²) in [5, 5.41) is 6.92. The first kappa shape index (κ1) is 20.5. The van der Waals surface area contributed by atoms with Gasteiger partial charge in [0.15, 0.2) is 11.7 Å². The van der Waals surface area contributed by atoms with Crippen LogP contribution < -0.4 is 5.32 Å². The number of nitrogens with zero attached hydrogens (tertiary/aromatic N) is 3. The minimum Gasteiger partial charge on any atom is -0.378 e. The fourth-order valence-electron chi connectivity index (χ4n) is 3.56. The highest BCUT2D eigenvalue weighted by Crippen LogP contribution is 2.46. The number of aromatic nitrogens is 2. The van der Waals surface area contributed by atoms with E-state index in [1.807, 2.05) is 0 Å². The van der Waals surface area contributed by atoms with Crippen molar-refractivity contribution in [2.24, 2.45) is 0 Å². The summed E-state index contributed by atoms with van der Waals surface area (Å²) in [4.78, 5) is 14.3. The van der Waals surface area contributed by atoms with Crippen molar-refractivity contribution in [3.63, 3.8) is 0 Å². The largest absolute Gasteiger partial charge is 0.410 e. The van der Waals surface area contributed by atoms with E-state index < -0.39 is 24.2 Å². The Labute approximate surface area is 178 Å². The smallest absolute Gasteiger partial charge is 0.378 e. The van der Waals surface area contributed by atoms with Crippen molar-refractivity contribution in [3.8, 4) is 0 Å². The van der Waals surface area contributed by atoms with Crippen molar-refractivity contribution in [2.45, 2.75) is 24.7 Å². The molecule has 11 heteroatoms. The topological polar surface area (TPSA) is 59.4 Å². The highest BCUT2D eigenvalue weighted by molar-refractivity contribution is 9.10. The van der Waals surface area contributed by atoms with E-state index in [0.717, 1.165) is 9.15 Å². The van der Waals surface area contributed by atoms with E-state index in [1.165, 1.54) is 4.90 Å². The number of halogens is 5. The molecule has 0 bridgehead atoms. The molecule has 1 aromatic heterocycles. The second-order valence-electron chi connectivity index (χ2n) is 6.90. The van der Waals surface area contributed by atoms with E-state index >= 15 is 0 Å².